The molecular formula is C21H29N3O2. The number of urea groups is 1. The molecule has 2 saturated heterocycles. The number of nitrogens with one attached hydrogen (secondary N) is 1. The van der Waals surface area contributed by atoms with E-state index in [-0.39, 0.29) is 11.4 Å². The number of likely N-dealkylation sites (tertiary alicyclic amines) is 2. The third-order valence-electron chi connectivity index (χ3n) is 6.17. The predicted molar refractivity (Wildman–Crippen MR) is 101 cm³/mol. The summed E-state index contributed by atoms with van der Waals surface area (Å²) in [6.07, 6.45) is 6.20. The Balaban J connectivity index is 1.29. The van der Waals surface area contributed by atoms with Gasteiger partial charge in [-0.3, -0.25) is 4.79 Å². The highest BCUT2D eigenvalue weighted by Crippen LogP contribution is 2.41. The summed E-state index contributed by atoms with van der Waals surface area (Å²) in [7, 11) is 0. The number of hydrogen-bond acceptors (Lipinski definition) is 2. The van der Waals surface area contributed by atoms with Crippen molar-refractivity contribution in [1.82, 2.24) is 15.1 Å². The van der Waals surface area contributed by atoms with Crippen LogP contribution in [0.5, 0.6) is 0 Å². The summed E-state index contributed by atoms with van der Waals surface area (Å²) >= 11 is 0. The fraction of sp³-hybridized carbons (Fsp3) is 0.619. The lowest BCUT2D eigenvalue weighted by Crippen LogP contribution is -2.51. The molecule has 26 heavy (non-hydrogen) atoms. The van der Waals surface area contributed by atoms with Crippen LogP contribution in [-0.2, 0) is 11.2 Å². The Morgan fingerprint density at radius 1 is 1.15 bits per heavy atom. The van der Waals surface area contributed by atoms with E-state index in [1.54, 1.807) is 0 Å². The molecule has 0 unspecified atom stereocenters. The lowest BCUT2D eigenvalue weighted by atomic mass is 9.78. The maximum Gasteiger partial charge on any atom is 0.317 e. The number of rotatable bonds is 5. The molecule has 1 N–H and O–H groups in total. The molecule has 1 aliphatic carbocycles. The van der Waals surface area contributed by atoms with Crippen LogP contribution in [0.4, 0.5) is 4.79 Å². The van der Waals surface area contributed by atoms with E-state index in [1.165, 1.54) is 18.4 Å². The molecule has 1 atom stereocenters. The molecule has 5 nitrogen and oxygen atoms in total. The number of carbonyl (C=O) groups excluding carboxylic acids is 2. The van der Waals surface area contributed by atoms with Gasteiger partial charge in [0.2, 0.25) is 5.91 Å². The SMILES string of the molecule is O=C(NCCc1ccccc1)N1CC[C@]2(CCCN(CC3CC3)C2=O)C1. The Morgan fingerprint density at radius 3 is 2.73 bits per heavy atom. The summed E-state index contributed by atoms with van der Waals surface area (Å²) < 4.78 is 0. The van der Waals surface area contributed by atoms with Gasteiger partial charge in [0.15, 0.2) is 0 Å². The van der Waals surface area contributed by atoms with Crippen LogP contribution in [-0.4, -0.2) is 54.5 Å². The van der Waals surface area contributed by atoms with Crippen molar-refractivity contribution >= 4 is 11.9 Å². The van der Waals surface area contributed by atoms with Crippen molar-refractivity contribution in [3.05, 3.63) is 35.9 Å². The Morgan fingerprint density at radius 2 is 1.96 bits per heavy atom. The molecular weight excluding hydrogens is 326 g/mol. The number of hydrogen-bond donors (Lipinski definition) is 1. The van der Waals surface area contributed by atoms with Crippen molar-refractivity contribution in [2.75, 3.05) is 32.7 Å². The number of carbonyl (C=O) groups is 2. The summed E-state index contributed by atoms with van der Waals surface area (Å²) in [5.41, 5.74) is 0.910. The van der Waals surface area contributed by atoms with E-state index >= 15 is 0 Å². The lowest BCUT2D eigenvalue weighted by molar-refractivity contribution is -0.145. The number of benzene rings is 1. The van der Waals surface area contributed by atoms with Crippen LogP contribution in [0.1, 0.15) is 37.7 Å². The minimum absolute atomic E-state index is 0.0232. The highest BCUT2D eigenvalue weighted by Gasteiger charge is 2.49. The summed E-state index contributed by atoms with van der Waals surface area (Å²) in [6, 6.07) is 10.2. The number of nitrogens with zero attached hydrogens (tertiary/aromatic N) is 2. The minimum atomic E-state index is -0.316. The molecule has 0 bridgehead atoms. The topological polar surface area (TPSA) is 52.7 Å². The first kappa shape index (κ1) is 17.4. The second-order valence-electron chi connectivity index (χ2n) is 8.22. The quantitative estimate of drug-likeness (QED) is 0.883. The van der Waals surface area contributed by atoms with E-state index in [2.05, 4.69) is 22.3 Å². The van der Waals surface area contributed by atoms with Crippen molar-refractivity contribution in [3.63, 3.8) is 0 Å². The van der Waals surface area contributed by atoms with Gasteiger partial charge in [-0.15, -0.1) is 0 Å². The number of amides is 3. The first-order valence-corrected chi connectivity index (χ1v) is 10.0. The first-order chi connectivity index (χ1) is 12.7. The molecule has 1 aromatic carbocycles. The van der Waals surface area contributed by atoms with Crippen LogP contribution in [0, 0.1) is 11.3 Å². The smallest absolute Gasteiger partial charge is 0.317 e. The van der Waals surface area contributed by atoms with Gasteiger partial charge in [-0.2, -0.15) is 0 Å². The average molecular weight is 355 g/mol. The molecule has 1 saturated carbocycles. The van der Waals surface area contributed by atoms with E-state index < -0.39 is 0 Å². The molecule has 2 aliphatic heterocycles. The van der Waals surface area contributed by atoms with Gasteiger partial charge in [0, 0.05) is 32.7 Å². The van der Waals surface area contributed by atoms with Gasteiger partial charge < -0.3 is 15.1 Å². The summed E-state index contributed by atoms with van der Waals surface area (Å²) in [6.45, 7) is 3.75. The molecule has 5 heteroatoms. The molecule has 2 heterocycles. The zero-order valence-corrected chi connectivity index (χ0v) is 15.5. The summed E-state index contributed by atoms with van der Waals surface area (Å²) in [5, 5.41) is 3.03. The van der Waals surface area contributed by atoms with Crippen molar-refractivity contribution in [2.45, 2.75) is 38.5 Å². The van der Waals surface area contributed by atoms with Crippen molar-refractivity contribution < 1.29 is 9.59 Å². The Kier molecular flexibility index (Phi) is 4.88. The fourth-order valence-electron chi connectivity index (χ4n) is 4.43. The Hall–Kier alpha value is -2.04. The van der Waals surface area contributed by atoms with Gasteiger partial charge in [0.1, 0.15) is 0 Å². The summed E-state index contributed by atoms with van der Waals surface area (Å²) in [5.74, 6) is 1.03. The van der Waals surface area contributed by atoms with E-state index in [9.17, 15) is 9.59 Å². The molecule has 140 valence electrons. The van der Waals surface area contributed by atoms with Crippen molar-refractivity contribution in [3.8, 4) is 0 Å². The Labute approximate surface area is 155 Å². The molecule has 4 rings (SSSR count). The van der Waals surface area contributed by atoms with E-state index in [1.807, 2.05) is 23.1 Å². The molecule has 1 spiro atoms. The van der Waals surface area contributed by atoms with Crippen LogP contribution in [0.15, 0.2) is 30.3 Å². The normalized spacial score (nSPS) is 25.8. The van der Waals surface area contributed by atoms with Crippen molar-refractivity contribution in [2.24, 2.45) is 11.3 Å². The third kappa shape index (κ3) is 3.71. The largest absolute Gasteiger partial charge is 0.342 e. The predicted octanol–water partition coefficient (Wildman–Crippen LogP) is 2.66. The second kappa shape index (κ2) is 7.29. The van der Waals surface area contributed by atoms with Gasteiger partial charge in [-0.1, -0.05) is 30.3 Å². The highest BCUT2D eigenvalue weighted by molar-refractivity contribution is 5.85. The van der Waals surface area contributed by atoms with E-state index in [0.29, 0.717) is 25.5 Å². The maximum absolute atomic E-state index is 13.0. The molecule has 3 fully saturated rings. The van der Waals surface area contributed by atoms with E-state index in [0.717, 1.165) is 44.7 Å². The standard InChI is InChI=1S/C21H29N3O2/c25-19-21(10-4-13-23(19)15-18-7-8-18)11-14-24(16-21)20(26)22-12-9-17-5-2-1-3-6-17/h1-3,5-6,18H,4,7-16H2,(H,22,26)/t21-/m1/s1. The maximum atomic E-state index is 13.0. The van der Waals surface area contributed by atoms with Crippen LogP contribution < -0.4 is 5.32 Å². The Bertz CT molecular complexity index is 658. The zero-order valence-electron chi connectivity index (χ0n) is 15.5. The van der Waals surface area contributed by atoms with Crippen LogP contribution in [0.2, 0.25) is 0 Å². The second-order valence-corrected chi connectivity index (χ2v) is 8.22. The molecule has 1 aromatic rings. The van der Waals surface area contributed by atoms with Gasteiger partial charge in [-0.05, 0) is 50.0 Å². The zero-order chi connectivity index (χ0) is 18.0. The molecule has 3 aliphatic rings. The van der Waals surface area contributed by atoms with Crippen LogP contribution >= 0.6 is 0 Å². The van der Waals surface area contributed by atoms with Gasteiger partial charge in [0.25, 0.3) is 0 Å². The summed E-state index contributed by atoms with van der Waals surface area (Å²) in [4.78, 5) is 29.5. The van der Waals surface area contributed by atoms with Crippen LogP contribution in [0.25, 0.3) is 0 Å². The van der Waals surface area contributed by atoms with E-state index in [4.69, 9.17) is 0 Å². The lowest BCUT2D eigenvalue weighted by Gasteiger charge is -2.39. The minimum Gasteiger partial charge on any atom is -0.342 e. The molecule has 0 aromatic heterocycles. The number of piperidine rings is 1. The fourth-order valence-corrected chi connectivity index (χ4v) is 4.43. The van der Waals surface area contributed by atoms with Gasteiger partial charge >= 0.3 is 6.03 Å². The third-order valence-corrected chi connectivity index (χ3v) is 6.17. The monoisotopic (exact) mass is 355 g/mol. The highest BCUT2D eigenvalue weighted by atomic mass is 16.2. The van der Waals surface area contributed by atoms with Crippen LogP contribution in [0.3, 0.4) is 0 Å². The van der Waals surface area contributed by atoms with Gasteiger partial charge in [0.05, 0.1) is 5.41 Å². The van der Waals surface area contributed by atoms with Gasteiger partial charge in [-0.25, -0.2) is 4.79 Å². The first-order valence-electron chi connectivity index (χ1n) is 10.0. The average Bonchev–Trinajstić information content (AvgIpc) is 3.37. The molecule has 3 amide bonds. The molecule has 0 radical (unpaired) electrons. The van der Waals surface area contributed by atoms with Crippen molar-refractivity contribution in [1.29, 1.82) is 0 Å².